The molecule has 2 N–H and O–H groups in total. The average Bonchev–Trinajstić information content (AvgIpc) is 3.10. The van der Waals surface area contributed by atoms with Gasteiger partial charge in [0.2, 0.25) is 0 Å². The van der Waals surface area contributed by atoms with Gasteiger partial charge < -0.3 is 20.1 Å². The van der Waals surface area contributed by atoms with E-state index in [1.165, 1.54) is 5.56 Å². The monoisotopic (exact) mass is 357 g/mol. The summed E-state index contributed by atoms with van der Waals surface area (Å²) in [5.74, 6) is 1.94. The summed E-state index contributed by atoms with van der Waals surface area (Å²) in [5, 5.41) is 10.7. The molecule has 0 fully saturated rings. The van der Waals surface area contributed by atoms with Gasteiger partial charge in [0, 0.05) is 32.2 Å². The lowest BCUT2D eigenvalue weighted by atomic mass is 10.1. The lowest BCUT2D eigenvalue weighted by molar-refractivity contribution is 0.331. The Morgan fingerprint density at radius 1 is 1.23 bits per heavy atom. The lowest BCUT2D eigenvalue weighted by Gasteiger charge is -2.18. The summed E-state index contributed by atoms with van der Waals surface area (Å²) in [6, 6.07) is 12.5. The van der Waals surface area contributed by atoms with Gasteiger partial charge in [-0.3, -0.25) is 0 Å². The molecule has 0 spiro atoms. The van der Waals surface area contributed by atoms with E-state index in [4.69, 9.17) is 4.52 Å². The van der Waals surface area contributed by atoms with E-state index in [1.54, 1.807) is 0 Å². The molecule has 0 unspecified atom stereocenters. The molecule has 2 aromatic rings. The van der Waals surface area contributed by atoms with Gasteiger partial charge in [0.1, 0.15) is 6.54 Å². The largest absolute Gasteiger partial charge is 0.359 e. The number of hydrogen-bond acceptors (Lipinski definition) is 4. The van der Waals surface area contributed by atoms with E-state index in [0.29, 0.717) is 12.5 Å². The molecule has 0 radical (unpaired) electrons. The molecule has 6 nitrogen and oxygen atoms in total. The van der Waals surface area contributed by atoms with Crippen LogP contribution in [0, 0.1) is 0 Å². The molecule has 26 heavy (non-hydrogen) atoms. The van der Waals surface area contributed by atoms with Gasteiger partial charge in [-0.05, 0) is 25.5 Å². The Bertz CT molecular complexity index is 666. The molecule has 0 bridgehead atoms. The zero-order valence-corrected chi connectivity index (χ0v) is 16.3. The van der Waals surface area contributed by atoms with Crippen molar-refractivity contribution in [2.24, 2.45) is 4.99 Å². The minimum absolute atomic E-state index is 0.364. The predicted molar refractivity (Wildman–Crippen MR) is 106 cm³/mol. The predicted octanol–water partition coefficient (Wildman–Crippen LogP) is 2.99. The summed E-state index contributed by atoms with van der Waals surface area (Å²) < 4.78 is 5.34. The van der Waals surface area contributed by atoms with E-state index < -0.39 is 0 Å². The highest BCUT2D eigenvalue weighted by Gasteiger charge is 2.07. The number of hydrogen-bond donors (Lipinski definition) is 2. The second-order valence-corrected chi connectivity index (χ2v) is 6.72. The van der Waals surface area contributed by atoms with Gasteiger partial charge in [0.15, 0.2) is 11.7 Å². The first-order valence-corrected chi connectivity index (χ1v) is 9.28. The molecule has 1 heterocycles. The average molecular weight is 358 g/mol. The lowest BCUT2D eigenvalue weighted by Crippen LogP contribution is -2.40. The molecule has 142 valence electrons. The van der Waals surface area contributed by atoms with Gasteiger partial charge >= 0.3 is 0 Å². The third kappa shape index (κ3) is 6.88. The Hall–Kier alpha value is -2.34. The summed E-state index contributed by atoms with van der Waals surface area (Å²) in [4.78, 5) is 6.87. The Balaban J connectivity index is 1.79. The van der Waals surface area contributed by atoms with Crippen LogP contribution < -0.4 is 10.6 Å². The molecule has 0 saturated carbocycles. The second kappa shape index (κ2) is 10.6. The first-order valence-electron chi connectivity index (χ1n) is 9.28. The van der Waals surface area contributed by atoms with Crippen LogP contribution in [0.2, 0.25) is 0 Å². The molecular formula is C20H31N5O. The van der Waals surface area contributed by atoms with Crippen LogP contribution in [0.4, 0.5) is 0 Å². The van der Waals surface area contributed by atoms with Gasteiger partial charge in [0.25, 0.3) is 0 Å². The van der Waals surface area contributed by atoms with Crippen LogP contribution in [0.25, 0.3) is 0 Å². The second-order valence-electron chi connectivity index (χ2n) is 6.72. The molecule has 0 aliphatic rings. The van der Waals surface area contributed by atoms with E-state index in [0.717, 1.165) is 43.6 Å². The van der Waals surface area contributed by atoms with Crippen LogP contribution >= 0.6 is 0 Å². The summed E-state index contributed by atoms with van der Waals surface area (Å²) in [6.45, 7) is 10.2. The summed E-state index contributed by atoms with van der Waals surface area (Å²) in [7, 11) is 2.13. The molecule has 6 heteroatoms. The number of nitrogens with one attached hydrogen (secondary N) is 2. The van der Waals surface area contributed by atoms with Gasteiger partial charge in [-0.15, -0.1) is 0 Å². The highest BCUT2D eigenvalue weighted by molar-refractivity contribution is 5.79. The standard InChI is InChI=1S/C20H31N5O/c1-5-21-20(23-14-18-13-19(16(2)3)24-26-18)22-11-12-25(4)15-17-9-7-6-8-10-17/h6-10,13,16H,5,11-12,14-15H2,1-4H3,(H2,21,22,23). The molecular weight excluding hydrogens is 326 g/mol. The Morgan fingerprint density at radius 2 is 2.00 bits per heavy atom. The van der Waals surface area contributed by atoms with Gasteiger partial charge in [-0.2, -0.15) is 0 Å². The first kappa shape index (κ1) is 20.0. The molecule has 0 amide bonds. The van der Waals surface area contributed by atoms with Crippen LogP contribution in [0.5, 0.6) is 0 Å². The minimum Gasteiger partial charge on any atom is -0.359 e. The van der Waals surface area contributed by atoms with Crippen LogP contribution in [0.15, 0.2) is 45.9 Å². The number of nitrogens with zero attached hydrogens (tertiary/aromatic N) is 3. The number of guanidine groups is 1. The number of benzene rings is 1. The number of rotatable bonds is 9. The van der Waals surface area contributed by atoms with Crippen LogP contribution in [0.1, 0.15) is 43.7 Å². The van der Waals surface area contributed by atoms with E-state index in [9.17, 15) is 0 Å². The Morgan fingerprint density at radius 3 is 2.65 bits per heavy atom. The van der Waals surface area contributed by atoms with Crippen molar-refractivity contribution in [1.82, 2.24) is 20.7 Å². The smallest absolute Gasteiger partial charge is 0.191 e. The topological polar surface area (TPSA) is 65.7 Å². The maximum absolute atomic E-state index is 5.34. The zero-order chi connectivity index (χ0) is 18.8. The van der Waals surface area contributed by atoms with Crippen LogP contribution in [-0.2, 0) is 13.1 Å². The molecule has 0 aliphatic carbocycles. The van der Waals surface area contributed by atoms with Crippen molar-refractivity contribution in [3.05, 3.63) is 53.4 Å². The molecule has 0 saturated heterocycles. The molecule has 1 aromatic carbocycles. The zero-order valence-electron chi connectivity index (χ0n) is 16.3. The molecule has 0 aliphatic heterocycles. The fourth-order valence-electron chi connectivity index (χ4n) is 2.51. The molecule has 0 atom stereocenters. The normalized spacial score (nSPS) is 12.0. The van der Waals surface area contributed by atoms with Crippen molar-refractivity contribution in [2.45, 2.75) is 39.8 Å². The third-order valence-electron chi connectivity index (χ3n) is 3.99. The quantitative estimate of drug-likeness (QED) is 0.533. The molecule has 1 aromatic heterocycles. The first-order chi connectivity index (χ1) is 12.6. The third-order valence-corrected chi connectivity index (χ3v) is 3.99. The Labute approximate surface area is 156 Å². The maximum atomic E-state index is 5.34. The van der Waals surface area contributed by atoms with E-state index in [-0.39, 0.29) is 0 Å². The number of likely N-dealkylation sites (N-methyl/N-ethyl adjacent to an activating group) is 1. The van der Waals surface area contributed by atoms with Crippen molar-refractivity contribution in [3.63, 3.8) is 0 Å². The fourth-order valence-corrected chi connectivity index (χ4v) is 2.51. The summed E-state index contributed by atoms with van der Waals surface area (Å²) in [5.41, 5.74) is 2.29. The van der Waals surface area contributed by atoms with Gasteiger partial charge in [-0.1, -0.05) is 49.3 Å². The van der Waals surface area contributed by atoms with Crippen molar-refractivity contribution in [1.29, 1.82) is 0 Å². The van der Waals surface area contributed by atoms with Crippen LogP contribution in [-0.4, -0.2) is 42.7 Å². The van der Waals surface area contributed by atoms with Crippen molar-refractivity contribution >= 4 is 5.96 Å². The van der Waals surface area contributed by atoms with Gasteiger partial charge in [-0.25, -0.2) is 4.99 Å². The highest BCUT2D eigenvalue weighted by atomic mass is 16.5. The summed E-state index contributed by atoms with van der Waals surface area (Å²) in [6.07, 6.45) is 0. The van der Waals surface area contributed by atoms with Crippen molar-refractivity contribution < 1.29 is 4.52 Å². The van der Waals surface area contributed by atoms with E-state index in [2.05, 4.69) is 77.8 Å². The van der Waals surface area contributed by atoms with Gasteiger partial charge in [0.05, 0.1) is 5.69 Å². The maximum Gasteiger partial charge on any atom is 0.191 e. The van der Waals surface area contributed by atoms with E-state index >= 15 is 0 Å². The molecule has 2 rings (SSSR count). The fraction of sp³-hybridized carbons (Fsp3) is 0.500. The van der Waals surface area contributed by atoms with Crippen molar-refractivity contribution in [3.8, 4) is 0 Å². The van der Waals surface area contributed by atoms with Crippen molar-refractivity contribution in [2.75, 3.05) is 26.7 Å². The number of aliphatic imine (C=N–C) groups is 1. The highest BCUT2D eigenvalue weighted by Crippen LogP contribution is 2.14. The van der Waals surface area contributed by atoms with E-state index in [1.807, 2.05) is 12.1 Å². The van der Waals surface area contributed by atoms with Crippen LogP contribution in [0.3, 0.4) is 0 Å². The Kier molecular flexibility index (Phi) is 8.15. The SMILES string of the molecule is CCNC(=NCc1cc(C(C)C)no1)NCCN(C)Cc1ccccc1. The number of aromatic nitrogens is 1. The minimum atomic E-state index is 0.364. The summed E-state index contributed by atoms with van der Waals surface area (Å²) >= 11 is 0.